The molecule has 2 aliphatic rings. The number of anilines is 1. The molecule has 1 aliphatic carbocycles. The molecule has 0 spiro atoms. The van der Waals surface area contributed by atoms with E-state index in [1.54, 1.807) is 12.4 Å². The van der Waals surface area contributed by atoms with Gasteiger partial charge in [0, 0.05) is 24.3 Å². The monoisotopic (exact) mass is 313 g/mol. The van der Waals surface area contributed by atoms with Gasteiger partial charge in [0.1, 0.15) is 5.82 Å². The molecule has 2 aromatic heterocycles. The Balaban J connectivity index is 1.55. The van der Waals surface area contributed by atoms with Gasteiger partial charge in [-0.05, 0) is 45.6 Å². The highest BCUT2D eigenvalue weighted by molar-refractivity contribution is 5.38. The lowest BCUT2D eigenvalue weighted by atomic mass is 9.82. The number of hydrogen-bond acceptors (Lipinski definition) is 5. The first-order chi connectivity index (χ1) is 11.2. The molecule has 0 amide bonds. The van der Waals surface area contributed by atoms with E-state index in [-0.39, 0.29) is 0 Å². The Hall–Kier alpha value is -1.95. The molecule has 0 radical (unpaired) electrons. The molecule has 23 heavy (non-hydrogen) atoms. The maximum atomic E-state index is 5.85. The van der Waals surface area contributed by atoms with Crippen molar-refractivity contribution in [2.24, 2.45) is 5.92 Å². The number of aromatic nitrogens is 4. The van der Waals surface area contributed by atoms with Gasteiger partial charge in [-0.1, -0.05) is 0 Å². The molecule has 3 heterocycles. The van der Waals surface area contributed by atoms with Crippen molar-refractivity contribution in [3.63, 3.8) is 0 Å². The fraction of sp³-hybridized carbons (Fsp3) is 0.588. The second-order valence-corrected chi connectivity index (χ2v) is 6.64. The third-order valence-electron chi connectivity index (χ3n) is 4.96. The SMILES string of the molecule is Cc1cc(C)n(-c2cncc(NC3CCCC4OCCC34)n2)n1. The van der Waals surface area contributed by atoms with Crippen molar-refractivity contribution < 1.29 is 4.74 Å². The Morgan fingerprint density at radius 3 is 2.96 bits per heavy atom. The second kappa shape index (κ2) is 5.92. The summed E-state index contributed by atoms with van der Waals surface area (Å²) >= 11 is 0. The van der Waals surface area contributed by atoms with Crippen molar-refractivity contribution in [3.05, 3.63) is 29.8 Å². The molecule has 4 rings (SSSR count). The predicted molar refractivity (Wildman–Crippen MR) is 87.7 cm³/mol. The van der Waals surface area contributed by atoms with E-state index in [1.807, 2.05) is 24.6 Å². The first kappa shape index (κ1) is 14.6. The van der Waals surface area contributed by atoms with Gasteiger partial charge in [0.25, 0.3) is 0 Å². The zero-order valence-corrected chi connectivity index (χ0v) is 13.7. The number of rotatable bonds is 3. The zero-order chi connectivity index (χ0) is 15.8. The van der Waals surface area contributed by atoms with E-state index in [1.165, 1.54) is 19.3 Å². The van der Waals surface area contributed by atoms with Crippen LogP contribution >= 0.6 is 0 Å². The van der Waals surface area contributed by atoms with Gasteiger partial charge in [0.15, 0.2) is 5.82 Å². The summed E-state index contributed by atoms with van der Waals surface area (Å²) in [6, 6.07) is 2.48. The summed E-state index contributed by atoms with van der Waals surface area (Å²) in [5, 5.41) is 8.08. The molecule has 1 aliphatic heterocycles. The van der Waals surface area contributed by atoms with Gasteiger partial charge in [-0.3, -0.25) is 4.98 Å². The van der Waals surface area contributed by atoms with E-state index in [2.05, 4.69) is 15.4 Å². The molecule has 1 saturated carbocycles. The Kier molecular flexibility index (Phi) is 3.77. The maximum absolute atomic E-state index is 5.85. The molecule has 6 nitrogen and oxygen atoms in total. The molecule has 1 saturated heterocycles. The summed E-state index contributed by atoms with van der Waals surface area (Å²) in [6.45, 7) is 4.91. The summed E-state index contributed by atoms with van der Waals surface area (Å²) in [6.07, 6.45) is 8.71. The second-order valence-electron chi connectivity index (χ2n) is 6.64. The van der Waals surface area contributed by atoms with E-state index in [0.717, 1.165) is 36.1 Å². The lowest BCUT2D eigenvalue weighted by Gasteiger charge is -2.33. The molecule has 1 N–H and O–H groups in total. The van der Waals surface area contributed by atoms with Crippen molar-refractivity contribution in [1.82, 2.24) is 19.7 Å². The van der Waals surface area contributed by atoms with Crippen molar-refractivity contribution in [2.75, 3.05) is 11.9 Å². The van der Waals surface area contributed by atoms with Gasteiger partial charge in [0.2, 0.25) is 0 Å². The predicted octanol–water partition coefficient (Wildman–Crippen LogP) is 2.65. The number of ether oxygens (including phenoxy) is 1. The van der Waals surface area contributed by atoms with Crippen molar-refractivity contribution in [1.29, 1.82) is 0 Å². The standard InChI is InChI=1S/C17H23N5O/c1-11-8-12(2)22(21-11)17-10-18-9-16(20-17)19-14-4-3-5-15-13(14)6-7-23-15/h8-10,13-15H,3-7H2,1-2H3,(H,19,20). The van der Waals surface area contributed by atoms with Crippen LogP contribution < -0.4 is 5.32 Å². The van der Waals surface area contributed by atoms with Gasteiger partial charge in [-0.25, -0.2) is 9.67 Å². The molecule has 3 atom stereocenters. The lowest BCUT2D eigenvalue weighted by Crippen LogP contribution is -2.38. The highest BCUT2D eigenvalue weighted by Gasteiger charge is 2.37. The maximum Gasteiger partial charge on any atom is 0.174 e. The Morgan fingerprint density at radius 1 is 1.22 bits per heavy atom. The minimum atomic E-state index is 0.424. The van der Waals surface area contributed by atoms with Gasteiger partial charge in [-0.2, -0.15) is 5.10 Å². The molecule has 0 aromatic carbocycles. The van der Waals surface area contributed by atoms with Crippen molar-refractivity contribution in [3.8, 4) is 5.82 Å². The smallest absolute Gasteiger partial charge is 0.174 e. The molecule has 122 valence electrons. The summed E-state index contributed by atoms with van der Waals surface area (Å²) in [5.41, 5.74) is 2.05. The highest BCUT2D eigenvalue weighted by atomic mass is 16.5. The summed E-state index contributed by atoms with van der Waals surface area (Å²) in [7, 11) is 0. The minimum Gasteiger partial charge on any atom is -0.378 e. The fourth-order valence-corrected chi connectivity index (χ4v) is 3.93. The quantitative estimate of drug-likeness (QED) is 0.943. The first-order valence-electron chi connectivity index (χ1n) is 8.44. The zero-order valence-electron chi connectivity index (χ0n) is 13.7. The third-order valence-corrected chi connectivity index (χ3v) is 4.96. The Bertz CT molecular complexity index is 698. The highest BCUT2D eigenvalue weighted by Crippen LogP contribution is 2.35. The topological polar surface area (TPSA) is 64.9 Å². The fourth-order valence-electron chi connectivity index (χ4n) is 3.93. The number of nitrogens with zero attached hydrogens (tertiary/aromatic N) is 4. The number of hydrogen-bond donors (Lipinski definition) is 1. The van der Waals surface area contributed by atoms with Crippen LogP contribution in [0.5, 0.6) is 0 Å². The average molecular weight is 313 g/mol. The van der Waals surface area contributed by atoms with Gasteiger partial charge in [0.05, 0.1) is 24.2 Å². The van der Waals surface area contributed by atoms with Crippen LogP contribution in [0.2, 0.25) is 0 Å². The van der Waals surface area contributed by atoms with Gasteiger partial charge >= 0.3 is 0 Å². The number of aryl methyl sites for hydroxylation is 2. The van der Waals surface area contributed by atoms with E-state index in [0.29, 0.717) is 18.1 Å². The van der Waals surface area contributed by atoms with Gasteiger partial charge in [-0.15, -0.1) is 0 Å². The number of nitrogens with one attached hydrogen (secondary N) is 1. The minimum absolute atomic E-state index is 0.424. The molecule has 2 aromatic rings. The molecular formula is C17H23N5O. The molecule has 6 heteroatoms. The Labute approximate surface area is 136 Å². The number of fused-ring (bicyclic) bond motifs is 1. The van der Waals surface area contributed by atoms with Crippen LogP contribution in [0.1, 0.15) is 37.1 Å². The van der Waals surface area contributed by atoms with Gasteiger partial charge < -0.3 is 10.1 Å². The third kappa shape index (κ3) is 2.83. The van der Waals surface area contributed by atoms with E-state index < -0.39 is 0 Å². The first-order valence-corrected chi connectivity index (χ1v) is 8.44. The van der Waals surface area contributed by atoms with Crippen LogP contribution in [0.4, 0.5) is 5.82 Å². The normalized spacial score (nSPS) is 27.0. The van der Waals surface area contributed by atoms with Crippen LogP contribution in [0.25, 0.3) is 5.82 Å². The molecular weight excluding hydrogens is 290 g/mol. The summed E-state index contributed by atoms with van der Waals surface area (Å²) in [5.74, 6) is 2.19. The van der Waals surface area contributed by atoms with Crippen LogP contribution in [0.3, 0.4) is 0 Å². The summed E-state index contributed by atoms with van der Waals surface area (Å²) < 4.78 is 7.69. The van der Waals surface area contributed by atoms with Crippen LogP contribution in [-0.4, -0.2) is 38.5 Å². The largest absolute Gasteiger partial charge is 0.378 e. The van der Waals surface area contributed by atoms with Crippen LogP contribution in [-0.2, 0) is 4.74 Å². The molecule has 3 unspecified atom stereocenters. The van der Waals surface area contributed by atoms with E-state index in [4.69, 9.17) is 9.72 Å². The lowest BCUT2D eigenvalue weighted by molar-refractivity contribution is 0.0619. The van der Waals surface area contributed by atoms with Crippen LogP contribution in [0, 0.1) is 19.8 Å². The van der Waals surface area contributed by atoms with E-state index in [9.17, 15) is 0 Å². The molecule has 2 fully saturated rings. The van der Waals surface area contributed by atoms with Crippen molar-refractivity contribution in [2.45, 2.75) is 51.7 Å². The summed E-state index contributed by atoms with van der Waals surface area (Å²) in [4.78, 5) is 9.06. The van der Waals surface area contributed by atoms with E-state index >= 15 is 0 Å². The van der Waals surface area contributed by atoms with Crippen LogP contribution in [0.15, 0.2) is 18.5 Å². The Morgan fingerprint density at radius 2 is 2.13 bits per heavy atom. The average Bonchev–Trinajstić information content (AvgIpc) is 3.14. The van der Waals surface area contributed by atoms with Crippen molar-refractivity contribution >= 4 is 5.82 Å². The molecule has 0 bridgehead atoms.